The number of aryl methyl sites for hydroxylation is 1. The van der Waals surface area contributed by atoms with E-state index in [4.69, 9.17) is 15.0 Å². The molecule has 3 aromatic heterocycles. The Kier molecular flexibility index (Phi) is 4.46. The number of nitrogens with zero attached hydrogens (tertiary/aromatic N) is 5. The molecule has 1 unspecified atom stereocenters. The van der Waals surface area contributed by atoms with Crippen molar-refractivity contribution in [3.8, 4) is 28.1 Å². The van der Waals surface area contributed by atoms with Crippen molar-refractivity contribution >= 4 is 5.82 Å². The van der Waals surface area contributed by atoms with Crippen LogP contribution in [0.15, 0.2) is 35.0 Å². The van der Waals surface area contributed by atoms with Crippen LogP contribution in [0, 0.1) is 11.7 Å². The van der Waals surface area contributed by atoms with Gasteiger partial charge in [-0.3, -0.25) is 0 Å². The van der Waals surface area contributed by atoms with Gasteiger partial charge in [0.2, 0.25) is 0 Å². The second-order valence-corrected chi connectivity index (χ2v) is 8.84. The van der Waals surface area contributed by atoms with Gasteiger partial charge in [0.15, 0.2) is 17.3 Å². The predicted octanol–water partition coefficient (Wildman–Crippen LogP) is 4.25. The first-order valence-corrected chi connectivity index (χ1v) is 11.1. The summed E-state index contributed by atoms with van der Waals surface area (Å²) in [4.78, 5) is 5.89. The highest BCUT2D eigenvalue weighted by Gasteiger charge is 2.30. The molecule has 0 saturated heterocycles. The van der Waals surface area contributed by atoms with Crippen LogP contribution in [0.5, 0.6) is 5.75 Å². The van der Waals surface area contributed by atoms with Crippen molar-refractivity contribution in [1.82, 2.24) is 25.1 Å². The summed E-state index contributed by atoms with van der Waals surface area (Å²) in [6.07, 6.45) is 4.87. The Morgan fingerprint density at radius 2 is 2.06 bits per heavy atom. The molecular formula is C24H23FN6O2. The fraction of sp³-hybridized carbons (Fsp3) is 0.333. The van der Waals surface area contributed by atoms with Crippen molar-refractivity contribution in [1.29, 1.82) is 0 Å². The van der Waals surface area contributed by atoms with E-state index in [0.717, 1.165) is 34.5 Å². The van der Waals surface area contributed by atoms with E-state index < -0.39 is 6.10 Å². The zero-order chi connectivity index (χ0) is 22.7. The Morgan fingerprint density at radius 3 is 2.88 bits per heavy atom. The smallest absolute Gasteiger partial charge is 0.166 e. The standard InChI is InChI=1S/C24H23FN6O2/c1-12-17-9-15(25)5-6-16(17)23-19(28-31(2)29-23)10-20-22(18(30-33-20)7-13-3-4-13)14-8-21(32-12)24(26)27-11-14/h5-6,8-9,11-13H,3-4,7,10H2,1-2H3,(H2,26,27). The molecule has 0 spiro atoms. The third-order valence-corrected chi connectivity index (χ3v) is 6.30. The molecule has 9 heteroatoms. The maximum absolute atomic E-state index is 14.3. The Balaban J connectivity index is 1.60. The first-order chi connectivity index (χ1) is 16.0. The quantitative estimate of drug-likeness (QED) is 0.491. The van der Waals surface area contributed by atoms with Crippen molar-refractivity contribution in [3.05, 3.63) is 59.0 Å². The summed E-state index contributed by atoms with van der Waals surface area (Å²) in [5.74, 6) is 1.65. The second-order valence-electron chi connectivity index (χ2n) is 8.84. The molecular weight excluding hydrogens is 423 g/mol. The number of hydrogen-bond acceptors (Lipinski definition) is 7. The average molecular weight is 446 g/mol. The molecule has 4 heterocycles. The molecule has 2 N–H and O–H groups in total. The minimum Gasteiger partial charge on any atom is -0.482 e. The van der Waals surface area contributed by atoms with Crippen LogP contribution in [-0.4, -0.2) is 25.1 Å². The zero-order valence-electron chi connectivity index (χ0n) is 18.4. The van der Waals surface area contributed by atoms with Gasteiger partial charge >= 0.3 is 0 Å². The topological polar surface area (TPSA) is 105 Å². The molecule has 1 aliphatic heterocycles. The number of fused-ring (bicyclic) bond motifs is 7. The zero-order valence-corrected chi connectivity index (χ0v) is 18.4. The van der Waals surface area contributed by atoms with Gasteiger partial charge < -0.3 is 15.0 Å². The first-order valence-electron chi connectivity index (χ1n) is 11.1. The van der Waals surface area contributed by atoms with Gasteiger partial charge in [0.25, 0.3) is 0 Å². The fourth-order valence-electron chi connectivity index (χ4n) is 4.50. The number of aromatic nitrogens is 5. The van der Waals surface area contributed by atoms with Gasteiger partial charge in [0.1, 0.15) is 17.6 Å². The van der Waals surface area contributed by atoms with Crippen molar-refractivity contribution in [2.75, 3.05) is 5.73 Å². The van der Waals surface area contributed by atoms with E-state index in [0.29, 0.717) is 35.1 Å². The van der Waals surface area contributed by atoms with Gasteiger partial charge in [-0.15, -0.1) is 0 Å². The average Bonchev–Trinajstić information content (AvgIpc) is 3.41. The summed E-state index contributed by atoms with van der Waals surface area (Å²) in [7, 11) is 1.77. The molecule has 2 bridgehead atoms. The molecule has 4 aromatic rings. The molecule has 0 amide bonds. The van der Waals surface area contributed by atoms with Gasteiger partial charge in [-0.25, -0.2) is 9.37 Å². The van der Waals surface area contributed by atoms with E-state index in [1.54, 1.807) is 19.3 Å². The van der Waals surface area contributed by atoms with E-state index >= 15 is 0 Å². The predicted molar refractivity (Wildman–Crippen MR) is 119 cm³/mol. The Bertz CT molecular complexity index is 1370. The van der Waals surface area contributed by atoms with Crippen molar-refractivity contribution in [2.24, 2.45) is 13.0 Å². The van der Waals surface area contributed by atoms with E-state index in [2.05, 4.69) is 20.3 Å². The van der Waals surface area contributed by atoms with Gasteiger partial charge in [-0.05, 0) is 56.4 Å². The molecule has 0 radical (unpaired) electrons. The van der Waals surface area contributed by atoms with Gasteiger partial charge in [0, 0.05) is 35.5 Å². The molecule has 1 aliphatic carbocycles. The van der Waals surface area contributed by atoms with Crippen LogP contribution in [0.2, 0.25) is 0 Å². The lowest BCUT2D eigenvalue weighted by molar-refractivity contribution is 0.227. The summed E-state index contributed by atoms with van der Waals surface area (Å²) >= 11 is 0. The Morgan fingerprint density at radius 1 is 1.21 bits per heavy atom. The third kappa shape index (κ3) is 3.53. The molecule has 1 saturated carbocycles. The highest BCUT2D eigenvalue weighted by molar-refractivity contribution is 5.73. The number of ether oxygens (including phenoxy) is 1. The fourth-order valence-corrected chi connectivity index (χ4v) is 4.50. The molecule has 1 atom stereocenters. The number of nitrogens with two attached hydrogens (primary N) is 1. The van der Waals surface area contributed by atoms with Crippen LogP contribution in [-0.2, 0) is 19.9 Å². The van der Waals surface area contributed by atoms with Gasteiger partial charge in [-0.2, -0.15) is 15.0 Å². The molecule has 168 valence electrons. The molecule has 2 aliphatic rings. The molecule has 6 rings (SSSR count). The minimum absolute atomic E-state index is 0.266. The summed E-state index contributed by atoms with van der Waals surface area (Å²) in [6.45, 7) is 1.86. The van der Waals surface area contributed by atoms with Crippen LogP contribution in [0.4, 0.5) is 10.2 Å². The largest absolute Gasteiger partial charge is 0.482 e. The number of anilines is 1. The van der Waals surface area contributed by atoms with Crippen molar-refractivity contribution < 1.29 is 13.7 Å². The van der Waals surface area contributed by atoms with Crippen LogP contribution in [0.25, 0.3) is 22.4 Å². The van der Waals surface area contributed by atoms with E-state index in [9.17, 15) is 4.39 Å². The summed E-state index contributed by atoms with van der Waals surface area (Å²) < 4.78 is 26.3. The van der Waals surface area contributed by atoms with E-state index in [1.165, 1.54) is 29.8 Å². The van der Waals surface area contributed by atoms with Crippen LogP contribution < -0.4 is 10.5 Å². The van der Waals surface area contributed by atoms with Crippen molar-refractivity contribution in [3.63, 3.8) is 0 Å². The molecule has 1 fully saturated rings. The molecule has 1 aromatic carbocycles. The highest BCUT2D eigenvalue weighted by atomic mass is 19.1. The number of pyridine rings is 1. The molecule has 33 heavy (non-hydrogen) atoms. The number of nitrogen functional groups attached to an aromatic ring is 1. The lowest BCUT2D eigenvalue weighted by Gasteiger charge is -2.20. The normalized spacial score (nSPS) is 17.2. The van der Waals surface area contributed by atoms with Gasteiger partial charge in [0.05, 0.1) is 17.8 Å². The van der Waals surface area contributed by atoms with Crippen molar-refractivity contribution in [2.45, 2.75) is 38.7 Å². The number of halogens is 1. The molecule has 8 nitrogen and oxygen atoms in total. The van der Waals surface area contributed by atoms with Crippen LogP contribution in [0.3, 0.4) is 0 Å². The van der Waals surface area contributed by atoms with E-state index in [1.807, 2.05) is 13.0 Å². The highest BCUT2D eigenvalue weighted by Crippen LogP contribution is 2.41. The summed E-state index contributed by atoms with van der Waals surface area (Å²) in [6, 6.07) is 6.45. The maximum atomic E-state index is 14.3. The Hall–Kier alpha value is -3.75. The maximum Gasteiger partial charge on any atom is 0.166 e. The van der Waals surface area contributed by atoms with Crippen LogP contribution >= 0.6 is 0 Å². The SMILES string of the molecule is CC1Oc2cc(cnc2N)-c2c(CC3CC3)noc2Cc2nn(C)nc2-c2ccc(F)cc21. The summed E-state index contributed by atoms with van der Waals surface area (Å²) in [5, 5.41) is 13.6. The summed E-state index contributed by atoms with van der Waals surface area (Å²) in [5.41, 5.74) is 11.6. The van der Waals surface area contributed by atoms with Gasteiger partial charge in [-0.1, -0.05) is 5.16 Å². The second kappa shape index (κ2) is 7.40. The van der Waals surface area contributed by atoms with E-state index in [-0.39, 0.29) is 11.6 Å². The lowest BCUT2D eigenvalue weighted by Crippen LogP contribution is -2.09. The number of benzene rings is 1. The lowest BCUT2D eigenvalue weighted by atomic mass is 9.95. The third-order valence-electron chi connectivity index (χ3n) is 6.30. The Labute approximate surface area is 189 Å². The minimum atomic E-state index is -0.503. The number of hydrogen-bond donors (Lipinski definition) is 1. The number of rotatable bonds is 2. The monoisotopic (exact) mass is 446 g/mol. The van der Waals surface area contributed by atoms with Crippen LogP contribution in [0.1, 0.15) is 48.6 Å². The first kappa shape index (κ1) is 19.9.